The van der Waals surface area contributed by atoms with Gasteiger partial charge in [0.05, 0.1) is 5.56 Å². The van der Waals surface area contributed by atoms with Crippen LogP contribution in [0, 0.1) is 0 Å². The quantitative estimate of drug-likeness (QED) is 0.506. The van der Waals surface area contributed by atoms with Crippen molar-refractivity contribution in [3.05, 3.63) is 84.4 Å². The van der Waals surface area contributed by atoms with Crippen LogP contribution in [0.15, 0.2) is 78.9 Å². The fourth-order valence-corrected chi connectivity index (χ4v) is 3.10. The zero-order valence-corrected chi connectivity index (χ0v) is 12.4. The maximum Gasteiger partial charge on any atom is 0.336 e. The summed E-state index contributed by atoms with van der Waals surface area (Å²) in [6.07, 6.45) is 0. The first-order valence-electron chi connectivity index (χ1n) is 7.48. The summed E-state index contributed by atoms with van der Waals surface area (Å²) in [6.45, 7) is 0. The maximum absolute atomic E-state index is 11.9. The number of hydrogen-bond donors (Lipinski definition) is 1. The van der Waals surface area contributed by atoms with E-state index in [-0.39, 0.29) is 0 Å². The zero-order chi connectivity index (χ0) is 15.8. The molecule has 23 heavy (non-hydrogen) atoms. The lowest BCUT2D eigenvalue weighted by Crippen LogP contribution is -2.01. The minimum absolute atomic E-state index is 0.361. The molecule has 2 heteroatoms. The van der Waals surface area contributed by atoms with Crippen molar-refractivity contribution in [1.82, 2.24) is 0 Å². The van der Waals surface area contributed by atoms with Gasteiger partial charge < -0.3 is 5.11 Å². The van der Waals surface area contributed by atoms with Crippen LogP contribution in [0.25, 0.3) is 32.7 Å². The van der Waals surface area contributed by atoms with E-state index in [1.54, 1.807) is 0 Å². The van der Waals surface area contributed by atoms with Gasteiger partial charge in [0, 0.05) is 0 Å². The predicted molar refractivity (Wildman–Crippen MR) is 93.8 cm³/mol. The first-order chi connectivity index (χ1) is 11.2. The third-order valence-corrected chi connectivity index (χ3v) is 4.18. The average molecular weight is 298 g/mol. The highest BCUT2D eigenvalue weighted by atomic mass is 16.4. The second-order valence-corrected chi connectivity index (χ2v) is 5.58. The van der Waals surface area contributed by atoms with Crippen LogP contribution in [0.1, 0.15) is 10.4 Å². The maximum atomic E-state index is 11.9. The molecule has 0 saturated heterocycles. The summed E-state index contributed by atoms with van der Waals surface area (Å²) >= 11 is 0. The molecule has 0 bridgehead atoms. The zero-order valence-electron chi connectivity index (χ0n) is 12.4. The van der Waals surface area contributed by atoms with Gasteiger partial charge in [-0.3, -0.25) is 0 Å². The molecular weight excluding hydrogens is 284 g/mol. The standard InChI is InChI=1S/C21H14O2/c22-21(23)20-18(14-6-2-1-3-7-14)11-10-17-12-15-8-4-5-9-16(15)13-19(17)20/h1-13H,(H,22,23). The van der Waals surface area contributed by atoms with Gasteiger partial charge in [-0.2, -0.15) is 0 Å². The normalized spacial score (nSPS) is 11.0. The molecule has 4 aromatic carbocycles. The summed E-state index contributed by atoms with van der Waals surface area (Å²) in [4.78, 5) is 11.9. The van der Waals surface area contributed by atoms with E-state index >= 15 is 0 Å². The molecule has 0 amide bonds. The van der Waals surface area contributed by atoms with Gasteiger partial charge in [-0.25, -0.2) is 4.79 Å². The lowest BCUT2D eigenvalue weighted by atomic mass is 9.92. The Bertz CT molecular complexity index is 1030. The van der Waals surface area contributed by atoms with Crippen LogP contribution in [-0.2, 0) is 0 Å². The van der Waals surface area contributed by atoms with Gasteiger partial charge in [-0.15, -0.1) is 0 Å². The Labute approximate surface area is 133 Å². The molecule has 4 rings (SSSR count). The van der Waals surface area contributed by atoms with Crippen LogP contribution in [-0.4, -0.2) is 11.1 Å². The summed E-state index contributed by atoms with van der Waals surface area (Å²) in [5.41, 5.74) is 2.03. The van der Waals surface area contributed by atoms with E-state index in [1.807, 2.05) is 78.9 Å². The molecule has 0 fully saturated rings. The van der Waals surface area contributed by atoms with Gasteiger partial charge in [0.15, 0.2) is 0 Å². The van der Waals surface area contributed by atoms with Gasteiger partial charge in [-0.05, 0) is 44.8 Å². The Morgan fingerprint density at radius 3 is 2.04 bits per heavy atom. The van der Waals surface area contributed by atoms with E-state index in [0.29, 0.717) is 5.56 Å². The van der Waals surface area contributed by atoms with Crippen molar-refractivity contribution in [2.24, 2.45) is 0 Å². The van der Waals surface area contributed by atoms with Crippen LogP contribution in [0.4, 0.5) is 0 Å². The molecule has 2 nitrogen and oxygen atoms in total. The van der Waals surface area contributed by atoms with Crippen molar-refractivity contribution in [3.63, 3.8) is 0 Å². The Kier molecular flexibility index (Phi) is 3.09. The second kappa shape index (κ2) is 5.25. The summed E-state index contributed by atoms with van der Waals surface area (Å²) in [5.74, 6) is -0.898. The molecule has 1 N–H and O–H groups in total. The van der Waals surface area contributed by atoms with Crippen molar-refractivity contribution >= 4 is 27.5 Å². The number of hydrogen-bond acceptors (Lipinski definition) is 1. The summed E-state index contributed by atoms with van der Waals surface area (Å²) in [6, 6.07) is 25.6. The highest BCUT2D eigenvalue weighted by Gasteiger charge is 2.16. The van der Waals surface area contributed by atoms with Crippen LogP contribution < -0.4 is 0 Å². The smallest absolute Gasteiger partial charge is 0.336 e. The Hall–Kier alpha value is -3.13. The van der Waals surface area contributed by atoms with E-state index in [0.717, 1.165) is 32.7 Å². The summed E-state index contributed by atoms with van der Waals surface area (Å²) in [7, 11) is 0. The number of benzene rings is 4. The predicted octanol–water partition coefficient (Wildman–Crippen LogP) is 5.36. The monoisotopic (exact) mass is 298 g/mol. The number of fused-ring (bicyclic) bond motifs is 2. The first-order valence-corrected chi connectivity index (χ1v) is 7.48. The van der Waals surface area contributed by atoms with Crippen LogP contribution >= 0.6 is 0 Å². The fraction of sp³-hybridized carbons (Fsp3) is 0. The Morgan fingerprint density at radius 1 is 0.696 bits per heavy atom. The number of aromatic carboxylic acids is 1. The van der Waals surface area contributed by atoms with Crippen molar-refractivity contribution in [2.75, 3.05) is 0 Å². The van der Waals surface area contributed by atoms with Crippen molar-refractivity contribution < 1.29 is 9.90 Å². The highest BCUT2D eigenvalue weighted by Crippen LogP contribution is 2.32. The Morgan fingerprint density at radius 2 is 1.35 bits per heavy atom. The molecule has 0 spiro atoms. The lowest BCUT2D eigenvalue weighted by Gasteiger charge is -2.11. The molecule has 4 aromatic rings. The molecule has 0 unspecified atom stereocenters. The van der Waals surface area contributed by atoms with Gasteiger partial charge >= 0.3 is 5.97 Å². The third kappa shape index (κ3) is 2.25. The minimum atomic E-state index is -0.898. The van der Waals surface area contributed by atoms with Crippen LogP contribution in [0.5, 0.6) is 0 Å². The topological polar surface area (TPSA) is 37.3 Å². The molecule has 110 valence electrons. The number of rotatable bonds is 2. The molecule has 0 heterocycles. The molecule has 0 saturated carbocycles. The molecule has 0 aromatic heterocycles. The van der Waals surface area contributed by atoms with Crippen LogP contribution in [0.2, 0.25) is 0 Å². The van der Waals surface area contributed by atoms with Gasteiger partial charge in [0.25, 0.3) is 0 Å². The van der Waals surface area contributed by atoms with E-state index in [9.17, 15) is 9.90 Å². The number of carbonyl (C=O) groups is 1. The molecule has 0 aliphatic heterocycles. The summed E-state index contributed by atoms with van der Waals surface area (Å²) in [5, 5.41) is 13.7. The SMILES string of the molecule is O=C(O)c1c(-c2ccccc2)ccc2cc3ccccc3cc12. The largest absolute Gasteiger partial charge is 0.478 e. The van der Waals surface area contributed by atoms with Gasteiger partial charge in [0.1, 0.15) is 0 Å². The molecular formula is C21H14O2. The molecule has 0 aliphatic carbocycles. The van der Waals surface area contributed by atoms with Gasteiger partial charge in [0.2, 0.25) is 0 Å². The summed E-state index contributed by atoms with van der Waals surface area (Å²) < 4.78 is 0. The molecule has 0 radical (unpaired) electrons. The second-order valence-electron chi connectivity index (χ2n) is 5.58. The van der Waals surface area contributed by atoms with E-state index in [2.05, 4.69) is 0 Å². The Balaban J connectivity index is 2.11. The average Bonchev–Trinajstić information content (AvgIpc) is 2.59. The van der Waals surface area contributed by atoms with Crippen molar-refractivity contribution in [2.45, 2.75) is 0 Å². The third-order valence-electron chi connectivity index (χ3n) is 4.18. The van der Waals surface area contributed by atoms with Gasteiger partial charge in [-0.1, -0.05) is 66.7 Å². The highest BCUT2D eigenvalue weighted by molar-refractivity contribution is 6.12. The minimum Gasteiger partial charge on any atom is -0.478 e. The van der Waals surface area contributed by atoms with Crippen molar-refractivity contribution in [3.8, 4) is 11.1 Å². The molecule has 0 atom stereocenters. The van der Waals surface area contributed by atoms with E-state index in [4.69, 9.17) is 0 Å². The van der Waals surface area contributed by atoms with E-state index < -0.39 is 5.97 Å². The first kappa shape index (κ1) is 13.5. The van der Waals surface area contributed by atoms with Crippen LogP contribution in [0.3, 0.4) is 0 Å². The number of carboxylic acids is 1. The fourth-order valence-electron chi connectivity index (χ4n) is 3.10. The van der Waals surface area contributed by atoms with E-state index in [1.165, 1.54) is 0 Å². The lowest BCUT2D eigenvalue weighted by molar-refractivity contribution is 0.0700. The number of carboxylic acid groups (broad SMARTS) is 1. The molecule has 0 aliphatic rings. The van der Waals surface area contributed by atoms with Crippen molar-refractivity contribution in [1.29, 1.82) is 0 Å².